The predicted molar refractivity (Wildman–Crippen MR) is 109 cm³/mol. The average molecular weight is 376 g/mol. The zero-order chi connectivity index (χ0) is 18.2. The van der Waals surface area contributed by atoms with Gasteiger partial charge in [-0.25, -0.2) is 0 Å². The van der Waals surface area contributed by atoms with Crippen molar-refractivity contribution in [1.29, 1.82) is 0 Å². The Balaban J connectivity index is 1.53. The van der Waals surface area contributed by atoms with Crippen LogP contribution in [0.4, 0.5) is 0 Å². The Bertz CT molecular complexity index is 953. The van der Waals surface area contributed by atoms with Gasteiger partial charge in [-0.15, -0.1) is 0 Å². The lowest BCUT2D eigenvalue weighted by Gasteiger charge is -2.28. The second-order valence-electron chi connectivity index (χ2n) is 7.06. The fraction of sp³-hybridized carbons (Fsp3) is 0.286. The van der Waals surface area contributed by atoms with E-state index >= 15 is 0 Å². The Morgan fingerprint density at radius 1 is 1.11 bits per heavy atom. The van der Waals surface area contributed by atoms with Gasteiger partial charge in [0.05, 0.1) is 11.7 Å². The molecule has 3 aromatic rings. The molecule has 3 aromatic heterocycles. The van der Waals surface area contributed by atoms with Gasteiger partial charge in [0.2, 0.25) is 0 Å². The number of aliphatic imine (C=N–C) groups is 1. The van der Waals surface area contributed by atoms with Crippen LogP contribution in [0.15, 0.2) is 72.2 Å². The van der Waals surface area contributed by atoms with E-state index in [0.29, 0.717) is 5.25 Å². The summed E-state index contributed by atoms with van der Waals surface area (Å²) >= 11 is 1.87. The van der Waals surface area contributed by atoms with Crippen molar-refractivity contribution in [2.75, 3.05) is 6.54 Å². The first-order valence-electron chi connectivity index (χ1n) is 9.25. The number of hydrogen-bond acceptors (Lipinski definition) is 5. The molecule has 0 spiro atoms. The van der Waals surface area contributed by atoms with E-state index in [1.807, 2.05) is 48.6 Å². The van der Waals surface area contributed by atoms with Gasteiger partial charge in [0, 0.05) is 48.8 Å². The summed E-state index contributed by atoms with van der Waals surface area (Å²) in [5.74, 6) is 0. The SMILES string of the molecule is C[C@H]1CN2C(=N[C@H](c3ccccn3)[C@@H]2c2cccn2Cc2cccnc2)S1. The Hall–Kier alpha value is -2.60. The summed E-state index contributed by atoms with van der Waals surface area (Å²) in [5, 5.41) is 1.72. The fourth-order valence-electron chi connectivity index (χ4n) is 3.97. The molecule has 0 bridgehead atoms. The molecule has 0 N–H and O–H groups in total. The molecule has 0 unspecified atom stereocenters. The zero-order valence-corrected chi connectivity index (χ0v) is 16.0. The number of fused-ring (bicyclic) bond motifs is 1. The molecule has 1 saturated heterocycles. The van der Waals surface area contributed by atoms with E-state index in [1.54, 1.807) is 0 Å². The number of nitrogens with zero attached hydrogens (tertiary/aromatic N) is 5. The molecule has 27 heavy (non-hydrogen) atoms. The highest BCUT2D eigenvalue weighted by atomic mass is 32.2. The maximum absolute atomic E-state index is 5.07. The van der Waals surface area contributed by atoms with Crippen LogP contribution < -0.4 is 0 Å². The first-order chi connectivity index (χ1) is 13.3. The number of amidine groups is 1. The smallest absolute Gasteiger partial charge is 0.160 e. The van der Waals surface area contributed by atoms with Crippen molar-refractivity contribution in [3.05, 3.63) is 84.2 Å². The van der Waals surface area contributed by atoms with E-state index < -0.39 is 0 Å². The van der Waals surface area contributed by atoms with Crippen LogP contribution >= 0.6 is 11.8 Å². The minimum absolute atomic E-state index is 0.0312. The quantitative estimate of drug-likeness (QED) is 0.693. The van der Waals surface area contributed by atoms with E-state index in [1.165, 1.54) is 11.3 Å². The van der Waals surface area contributed by atoms with Crippen molar-refractivity contribution < 1.29 is 0 Å². The van der Waals surface area contributed by atoms with Crippen LogP contribution in [0.2, 0.25) is 0 Å². The lowest BCUT2D eigenvalue weighted by atomic mass is 10.0. The lowest BCUT2D eigenvalue weighted by molar-refractivity contribution is 0.308. The van der Waals surface area contributed by atoms with Gasteiger partial charge >= 0.3 is 0 Å². The second kappa shape index (κ2) is 6.85. The van der Waals surface area contributed by atoms with Crippen molar-refractivity contribution in [1.82, 2.24) is 19.4 Å². The summed E-state index contributed by atoms with van der Waals surface area (Å²) < 4.78 is 2.32. The monoisotopic (exact) mass is 375 g/mol. The van der Waals surface area contributed by atoms with Crippen LogP contribution in [0.1, 0.15) is 36.0 Å². The minimum atomic E-state index is 0.0312. The molecule has 136 valence electrons. The standard InChI is InChI=1S/C21H21N5S/c1-15-13-26-20(19(24-21(26)27-15)17-7-2-3-10-23-17)18-8-5-11-25(18)14-16-6-4-9-22-12-16/h2-12,15,19-20H,13-14H2,1H3/t15-,19+,20-/m0/s1. The van der Waals surface area contributed by atoms with Gasteiger partial charge in [0.1, 0.15) is 6.04 Å². The summed E-state index contributed by atoms with van der Waals surface area (Å²) in [6, 6.07) is 14.8. The van der Waals surface area contributed by atoms with Crippen LogP contribution in [0, 0.1) is 0 Å². The summed E-state index contributed by atoms with van der Waals surface area (Å²) in [7, 11) is 0. The van der Waals surface area contributed by atoms with Gasteiger partial charge in [0.15, 0.2) is 5.17 Å². The minimum Gasteiger partial charge on any atom is -0.345 e. The molecule has 5 rings (SSSR count). The van der Waals surface area contributed by atoms with Gasteiger partial charge < -0.3 is 9.47 Å². The Kier molecular flexibility index (Phi) is 4.20. The third-order valence-electron chi connectivity index (χ3n) is 5.12. The summed E-state index contributed by atoms with van der Waals surface area (Å²) in [6.45, 7) is 4.11. The lowest BCUT2D eigenvalue weighted by Crippen LogP contribution is -2.30. The summed E-state index contributed by atoms with van der Waals surface area (Å²) in [6.07, 6.45) is 7.77. The molecule has 2 aliphatic rings. The highest BCUT2D eigenvalue weighted by Gasteiger charge is 2.44. The molecular weight excluding hydrogens is 354 g/mol. The number of aromatic nitrogens is 3. The molecule has 5 nitrogen and oxygen atoms in total. The topological polar surface area (TPSA) is 46.3 Å². The van der Waals surface area contributed by atoms with Crippen LogP contribution in [0.3, 0.4) is 0 Å². The van der Waals surface area contributed by atoms with Crippen molar-refractivity contribution >= 4 is 16.9 Å². The zero-order valence-electron chi connectivity index (χ0n) is 15.1. The maximum atomic E-state index is 5.07. The van der Waals surface area contributed by atoms with Crippen molar-refractivity contribution in [3.63, 3.8) is 0 Å². The summed E-state index contributed by atoms with van der Waals surface area (Å²) in [5.41, 5.74) is 3.52. The third-order valence-corrected chi connectivity index (χ3v) is 6.23. The molecule has 1 fully saturated rings. The third kappa shape index (κ3) is 3.04. The molecule has 0 radical (unpaired) electrons. The average Bonchev–Trinajstić information content (AvgIpc) is 3.37. The van der Waals surface area contributed by atoms with Crippen molar-refractivity contribution in [3.8, 4) is 0 Å². The van der Waals surface area contributed by atoms with Crippen molar-refractivity contribution in [2.45, 2.75) is 30.8 Å². The maximum Gasteiger partial charge on any atom is 0.160 e. The van der Waals surface area contributed by atoms with E-state index in [-0.39, 0.29) is 12.1 Å². The van der Waals surface area contributed by atoms with Gasteiger partial charge in [-0.2, -0.15) is 0 Å². The van der Waals surface area contributed by atoms with Crippen LogP contribution in [0.25, 0.3) is 0 Å². The number of pyridine rings is 2. The number of hydrogen-bond donors (Lipinski definition) is 0. The largest absolute Gasteiger partial charge is 0.345 e. The molecule has 0 saturated carbocycles. The second-order valence-corrected chi connectivity index (χ2v) is 8.46. The number of thioether (sulfide) groups is 1. The Morgan fingerprint density at radius 2 is 2.07 bits per heavy atom. The molecule has 0 aliphatic carbocycles. The highest BCUT2D eigenvalue weighted by molar-refractivity contribution is 8.14. The van der Waals surface area contributed by atoms with E-state index in [2.05, 4.69) is 56.8 Å². The molecule has 0 aromatic carbocycles. The van der Waals surface area contributed by atoms with E-state index in [9.17, 15) is 0 Å². The summed E-state index contributed by atoms with van der Waals surface area (Å²) in [4.78, 5) is 16.4. The highest BCUT2D eigenvalue weighted by Crippen LogP contribution is 2.47. The molecular formula is C21H21N5S. The van der Waals surface area contributed by atoms with Crippen molar-refractivity contribution in [2.24, 2.45) is 4.99 Å². The molecule has 5 heterocycles. The molecule has 3 atom stereocenters. The first kappa shape index (κ1) is 16.6. The molecule has 0 amide bonds. The van der Waals surface area contributed by atoms with Gasteiger partial charge in [-0.1, -0.05) is 30.8 Å². The fourth-order valence-corrected chi connectivity index (χ4v) is 5.06. The van der Waals surface area contributed by atoms with Gasteiger partial charge in [-0.3, -0.25) is 15.0 Å². The van der Waals surface area contributed by atoms with E-state index in [0.717, 1.165) is 24.0 Å². The Morgan fingerprint density at radius 3 is 2.89 bits per heavy atom. The first-order valence-corrected chi connectivity index (χ1v) is 10.1. The van der Waals surface area contributed by atoms with Gasteiger partial charge in [0.25, 0.3) is 0 Å². The predicted octanol–water partition coefficient (Wildman–Crippen LogP) is 3.92. The number of rotatable bonds is 4. The van der Waals surface area contributed by atoms with Crippen LogP contribution in [0.5, 0.6) is 0 Å². The Labute approximate surface area is 163 Å². The van der Waals surface area contributed by atoms with Crippen LogP contribution in [-0.2, 0) is 6.54 Å². The van der Waals surface area contributed by atoms with E-state index in [4.69, 9.17) is 4.99 Å². The normalized spacial score (nSPS) is 24.1. The van der Waals surface area contributed by atoms with Gasteiger partial charge in [-0.05, 0) is 35.9 Å². The molecule has 6 heteroatoms. The molecule has 2 aliphatic heterocycles. The van der Waals surface area contributed by atoms with Crippen LogP contribution in [-0.4, -0.2) is 36.4 Å².